The summed E-state index contributed by atoms with van der Waals surface area (Å²) >= 11 is 0. The minimum Gasteiger partial charge on any atom is -0.497 e. The lowest BCUT2D eigenvalue weighted by atomic mass is 9.80. The first-order valence-electron chi connectivity index (χ1n) is 25.6. The van der Waals surface area contributed by atoms with Gasteiger partial charge in [0.05, 0.1) is 59.0 Å². The molecule has 78 heavy (non-hydrogen) atoms. The van der Waals surface area contributed by atoms with E-state index in [1.807, 2.05) is 84.9 Å². The highest BCUT2D eigenvalue weighted by Gasteiger charge is 2.49. The van der Waals surface area contributed by atoms with Crippen LogP contribution >= 0.6 is 7.82 Å². The fraction of sp³-hybridized carbons (Fsp3) is 0.463. The fourth-order valence-corrected chi connectivity index (χ4v) is 11.8. The Kier molecular flexibility index (Phi) is 17.6. The van der Waals surface area contributed by atoms with Gasteiger partial charge in [0.25, 0.3) is 11.1 Å². The normalized spacial score (nSPS) is 20.6. The monoisotopic (exact) mass is 1110 g/mol. The number of methoxy groups -OCH3 is 2. The van der Waals surface area contributed by atoms with Crippen LogP contribution in [0.4, 0.5) is 5.95 Å². The number of aromatic amines is 2. The molecule has 22 nitrogen and oxygen atoms in total. The van der Waals surface area contributed by atoms with Gasteiger partial charge in [-0.25, -0.2) is 14.3 Å². The molecule has 2 fully saturated rings. The lowest BCUT2D eigenvalue weighted by Gasteiger charge is -2.39. The topological polar surface area (TPSA) is 271 Å². The molecule has 3 aromatic carbocycles. The number of ether oxygens (including phenoxy) is 5. The van der Waals surface area contributed by atoms with Gasteiger partial charge in [0.15, 0.2) is 19.5 Å². The molecule has 5 heterocycles. The van der Waals surface area contributed by atoms with Crippen LogP contribution in [0.5, 0.6) is 11.5 Å². The average molecular weight is 1110 g/mol. The largest absolute Gasteiger partial charge is 0.497 e. The van der Waals surface area contributed by atoms with Gasteiger partial charge in [-0.3, -0.25) is 52.4 Å². The van der Waals surface area contributed by atoms with Crippen LogP contribution in [0, 0.1) is 24.2 Å². The second-order valence-corrected chi connectivity index (χ2v) is 27.3. The van der Waals surface area contributed by atoms with Crippen molar-refractivity contribution < 1.29 is 51.0 Å². The number of carbonyl (C=O) groups excluding carboxylic acids is 1. The van der Waals surface area contributed by atoms with Crippen LogP contribution in [0.15, 0.2) is 106 Å². The summed E-state index contributed by atoms with van der Waals surface area (Å²) in [6, 6.07) is 26.5. The van der Waals surface area contributed by atoms with Crippen LogP contribution in [-0.4, -0.2) is 102 Å². The van der Waals surface area contributed by atoms with Gasteiger partial charge in [-0.1, -0.05) is 89.2 Å². The highest BCUT2D eigenvalue weighted by atomic mass is 31.2. The van der Waals surface area contributed by atoms with Gasteiger partial charge in [0.2, 0.25) is 11.9 Å². The smallest absolute Gasteiger partial charge is 0.475 e. The van der Waals surface area contributed by atoms with E-state index in [4.69, 9.17) is 41.7 Å². The lowest BCUT2D eigenvalue weighted by molar-refractivity contribution is -0.118. The Labute approximate surface area is 452 Å². The summed E-state index contributed by atoms with van der Waals surface area (Å²) in [5.41, 5.74) is -0.702. The Morgan fingerprint density at radius 1 is 0.846 bits per heavy atom. The predicted octanol–water partition coefficient (Wildman–Crippen LogP) is 8.00. The van der Waals surface area contributed by atoms with Gasteiger partial charge in [0, 0.05) is 30.5 Å². The maximum absolute atomic E-state index is 15.4. The number of nitrogens with one attached hydrogen (secondary N) is 3. The van der Waals surface area contributed by atoms with Crippen molar-refractivity contribution in [3.63, 3.8) is 0 Å². The number of rotatable bonds is 22. The third-order valence-electron chi connectivity index (χ3n) is 14.3. The number of benzene rings is 3. The van der Waals surface area contributed by atoms with Crippen LogP contribution in [0.1, 0.15) is 88.6 Å². The number of phosphoric acid groups is 1. The zero-order chi connectivity index (χ0) is 56.2. The SMILES string of the molecule is COc1ccc(C(OC[C@H]2O[C@@H](n3cnc4c(=O)[nH]c(NC(=O)C(C)C)nc43)C[C@@H]2OP(=O)(OCCC#N)OC[C@H]2O[C@@H](n3cc(C)c(=O)[nH]c3=O)C[C@@H]2O[Si](C)(C)C(C)(C)C)(c2ccccc2)c2ccc(OC)cc2)cc1. The number of imidazole rings is 1. The quantitative estimate of drug-likeness (QED) is 0.0251. The van der Waals surface area contributed by atoms with E-state index < -0.39 is 87.9 Å². The Morgan fingerprint density at radius 2 is 1.44 bits per heavy atom. The van der Waals surface area contributed by atoms with Crippen molar-refractivity contribution in [2.45, 2.75) is 121 Å². The highest BCUT2D eigenvalue weighted by molar-refractivity contribution is 7.48. The summed E-state index contributed by atoms with van der Waals surface area (Å²) in [5.74, 6) is 0.304. The fourth-order valence-electron chi connectivity index (χ4n) is 9.00. The molecule has 7 atom stereocenters. The number of hydrogen-bond donors (Lipinski definition) is 3. The summed E-state index contributed by atoms with van der Waals surface area (Å²) in [6.07, 6.45) is -3.12. The Balaban J connectivity index is 1.19. The van der Waals surface area contributed by atoms with Gasteiger partial charge in [-0.2, -0.15) is 10.2 Å². The maximum Gasteiger partial charge on any atom is 0.475 e. The maximum atomic E-state index is 15.4. The second kappa shape index (κ2) is 23.8. The Hall–Kier alpha value is -6.58. The van der Waals surface area contributed by atoms with E-state index in [0.717, 1.165) is 5.56 Å². The molecule has 0 bridgehead atoms. The van der Waals surface area contributed by atoms with Crippen LogP contribution in [0.2, 0.25) is 18.1 Å². The summed E-state index contributed by atoms with van der Waals surface area (Å²) in [6.45, 7) is 14.3. The zero-order valence-electron chi connectivity index (χ0n) is 45.3. The number of aryl methyl sites for hydroxylation is 1. The number of anilines is 1. The summed E-state index contributed by atoms with van der Waals surface area (Å²) < 4.78 is 75.7. The Morgan fingerprint density at radius 3 is 2.03 bits per heavy atom. The molecule has 8 rings (SSSR count). The third-order valence-corrected chi connectivity index (χ3v) is 20.3. The minimum atomic E-state index is -4.76. The van der Waals surface area contributed by atoms with Gasteiger partial charge in [-0.15, -0.1) is 0 Å². The van der Waals surface area contributed by atoms with Gasteiger partial charge in [0.1, 0.15) is 47.9 Å². The first-order valence-corrected chi connectivity index (χ1v) is 30.0. The number of carbonyl (C=O) groups is 1. The molecule has 1 unspecified atom stereocenters. The number of H-pyrrole nitrogens is 2. The molecule has 2 saturated heterocycles. The van der Waals surface area contributed by atoms with Gasteiger partial charge in [-0.05, 0) is 66.0 Å². The van der Waals surface area contributed by atoms with E-state index >= 15 is 4.57 Å². The number of amides is 1. The first kappa shape index (κ1) is 57.6. The van der Waals surface area contributed by atoms with E-state index in [9.17, 15) is 24.4 Å². The van der Waals surface area contributed by atoms with Crippen molar-refractivity contribution in [1.29, 1.82) is 5.26 Å². The molecule has 0 radical (unpaired) electrons. The number of fused-ring (bicyclic) bond motifs is 1. The van der Waals surface area contributed by atoms with Crippen LogP contribution in [-0.2, 0) is 47.2 Å². The summed E-state index contributed by atoms with van der Waals surface area (Å²) in [4.78, 5) is 65.6. The Bertz CT molecular complexity index is 3290. The molecule has 2 aliphatic rings. The van der Waals surface area contributed by atoms with Crippen molar-refractivity contribution in [3.8, 4) is 17.6 Å². The molecule has 3 N–H and O–H groups in total. The van der Waals surface area contributed by atoms with E-state index in [1.165, 1.54) is 21.7 Å². The molecular weight excluding hydrogens is 1040 g/mol. The minimum absolute atomic E-state index is 0.0436. The molecule has 0 saturated carbocycles. The van der Waals surface area contributed by atoms with E-state index in [2.05, 4.69) is 59.1 Å². The van der Waals surface area contributed by atoms with Crippen molar-refractivity contribution in [1.82, 2.24) is 29.1 Å². The molecule has 3 aromatic heterocycles. The third kappa shape index (κ3) is 12.5. The van der Waals surface area contributed by atoms with Crippen molar-refractivity contribution in [3.05, 3.63) is 145 Å². The number of nitriles is 1. The predicted molar refractivity (Wildman–Crippen MR) is 290 cm³/mol. The molecule has 2 aliphatic heterocycles. The van der Waals surface area contributed by atoms with E-state index in [0.29, 0.717) is 22.6 Å². The molecule has 0 spiro atoms. The van der Waals surface area contributed by atoms with Crippen LogP contribution in [0.3, 0.4) is 0 Å². The van der Waals surface area contributed by atoms with Crippen molar-refractivity contribution in [2.24, 2.45) is 5.92 Å². The van der Waals surface area contributed by atoms with Gasteiger partial charge >= 0.3 is 13.5 Å². The number of aromatic nitrogens is 6. The van der Waals surface area contributed by atoms with Crippen molar-refractivity contribution in [2.75, 3.05) is 39.4 Å². The standard InChI is InChI=1S/C54H67N8O14PSi/c1-33(2)48(63)58-51-57-47-46(50(65)59-51)56-32-62(47)45-27-40(42(73-45)30-70-54(35-15-12-11-13-16-35,36-17-21-38(68-7)22-18-36)37-19-23-39(69-8)24-20-37)75-77(67,71-26-14-25-55)72-31-43-41(76-78(9,10)53(4,5)6)28-44(74-43)61-29-34(3)49(64)60-52(61)66/h11-13,15-24,29,32-33,40-45H,14,26-28,30-31H2,1-10H3,(H,60,64,66)(H2,57,58,59,63,65)/t40-,41-,42+,43+,44+,45+,77?/m0/s1. The van der Waals surface area contributed by atoms with Gasteiger partial charge < -0.3 is 28.1 Å². The average Bonchev–Trinajstić information content (AvgIpc) is 4.14. The summed E-state index contributed by atoms with van der Waals surface area (Å²) in [5, 5.41) is 12.0. The molecule has 416 valence electrons. The molecule has 1 amide bonds. The highest BCUT2D eigenvalue weighted by Crippen LogP contribution is 2.55. The molecular formula is C54H67N8O14PSi. The molecule has 0 aliphatic carbocycles. The lowest BCUT2D eigenvalue weighted by Crippen LogP contribution is -2.46. The first-order chi connectivity index (χ1) is 37.1. The molecule has 24 heteroatoms. The molecule has 6 aromatic rings. The zero-order valence-corrected chi connectivity index (χ0v) is 47.2. The van der Waals surface area contributed by atoms with E-state index in [-0.39, 0.29) is 66.1 Å². The van der Waals surface area contributed by atoms with Crippen molar-refractivity contribution >= 4 is 39.2 Å². The number of hydrogen-bond acceptors (Lipinski definition) is 17. The summed E-state index contributed by atoms with van der Waals surface area (Å²) in [7, 11) is -4.15. The van der Waals surface area contributed by atoms with Crippen LogP contribution in [0.25, 0.3) is 11.2 Å². The number of phosphoric ester groups is 1. The number of nitrogens with zero attached hydrogens (tertiary/aromatic N) is 5. The second-order valence-electron chi connectivity index (χ2n) is 21.0. The van der Waals surface area contributed by atoms with Crippen LogP contribution < -0.4 is 31.6 Å². The van der Waals surface area contributed by atoms with E-state index in [1.54, 1.807) is 35.0 Å².